The lowest BCUT2D eigenvalue weighted by atomic mass is 10.3. The quantitative estimate of drug-likeness (QED) is 0.793. The van der Waals surface area contributed by atoms with Crippen LogP contribution in [0.25, 0.3) is 0 Å². The van der Waals surface area contributed by atoms with Crippen LogP contribution in [0.3, 0.4) is 0 Å². The van der Waals surface area contributed by atoms with Gasteiger partial charge in [0.15, 0.2) is 5.13 Å². The average molecular weight is 294 g/mol. The van der Waals surface area contributed by atoms with Crippen LogP contribution >= 0.6 is 11.3 Å². The molecule has 2 rings (SSSR count). The maximum atomic E-state index is 11.9. The minimum Gasteiger partial charge on any atom is -0.318 e. The number of carbonyl (C=O) groups is 1. The molecule has 0 spiro atoms. The van der Waals surface area contributed by atoms with Gasteiger partial charge in [0.05, 0.1) is 6.04 Å². The van der Waals surface area contributed by atoms with Gasteiger partial charge in [-0.3, -0.25) is 4.79 Å². The molecule has 1 amide bonds. The number of nitrogens with zero attached hydrogens (tertiary/aromatic N) is 4. The number of anilines is 1. The fraction of sp³-hybridized carbons (Fsp3) is 0.500. The van der Waals surface area contributed by atoms with Crippen LogP contribution in [-0.4, -0.2) is 38.2 Å². The van der Waals surface area contributed by atoms with Gasteiger partial charge < -0.3 is 15.2 Å². The smallest absolute Gasteiger partial charge is 0.243 e. The van der Waals surface area contributed by atoms with Crippen LogP contribution in [-0.2, 0) is 17.8 Å². The predicted octanol–water partition coefficient (Wildman–Crippen LogP) is 0.914. The van der Waals surface area contributed by atoms with Crippen molar-refractivity contribution in [2.75, 3.05) is 11.9 Å². The van der Waals surface area contributed by atoms with Crippen molar-refractivity contribution in [1.29, 1.82) is 0 Å². The van der Waals surface area contributed by atoms with E-state index in [0.717, 1.165) is 18.8 Å². The van der Waals surface area contributed by atoms with Crippen molar-refractivity contribution in [3.8, 4) is 0 Å². The molecule has 2 N–H and O–H groups in total. The van der Waals surface area contributed by atoms with E-state index in [0.29, 0.717) is 11.7 Å². The van der Waals surface area contributed by atoms with Crippen molar-refractivity contribution in [2.24, 2.45) is 0 Å². The van der Waals surface area contributed by atoms with Gasteiger partial charge in [0, 0.05) is 31.1 Å². The minimum atomic E-state index is -0.281. The number of nitrogens with one attached hydrogen (secondary N) is 2. The second-order valence-electron chi connectivity index (χ2n) is 4.29. The third-order valence-electron chi connectivity index (χ3n) is 2.89. The largest absolute Gasteiger partial charge is 0.318 e. The molecule has 0 aliphatic rings. The number of rotatable bonds is 7. The number of hydrogen-bond donors (Lipinski definition) is 2. The van der Waals surface area contributed by atoms with Crippen molar-refractivity contribution in [3.63, 3.8) is 0 Å². The fourth-order valence-corrected chi connectivity index (χ4v) is 2.26. The minimum absolute atomic E-state index is 0.0862. The Bertz CT molecular complexity index is 538. The zero-order valence-electron chi connectivity index (χ0n) is 11.5. The molecule has 2 aromatic heterocycles. The summed E-state index contributed by atoms with van der Waals surface area (Å²) in [6.45, 7) is 5.39. The highest BCUT2D eigenvalue weighted by Crippen LogP contribution is 2.10. The second-order valence-corrected chi connectivity index (χ2v) is 5.18. The third-order valence-corrected chi connectivity index (χ3v) is 3.58. The first kappa shape index (κ1) is 14.6. The van der Waals surface area contributed by atoms with Gasteiger partial charge in [-0.25, -0.2) is 4.98 Å². The molecule has 0 saturated heterocycles. The molecule has 8 heteroatoms. The Labute approximate surface area is 121 Å². The summed E-state index contributed by atoms with van der Waals surface area (Å²) in [5, 5.41) is 16.3. The number of thiazole rings is 1. The van der Waals surface area contributed by atoms with Gasteiger partial charge in [-0.1, -0.05) is 0 Å². The van der Waals surface area contributed by atoms with E-state index in [2.05, 4.69) is 25.8 Å². The molecule has 2 heterocycles. The highest BCUT2D eigenvalue weighted by molar-refractivity contribution is 7.13. The maximum Gasteiger partial charge on any atom is 0.243 e. The molecule has 0 saturated carbocycles. The highest BCUT2D eigenvalue weighted by atomic mass is 32.1. The van der Waals surface area contributed by atoms with Crippen LogP contribution in [0.15, 0.2) is 17.9 Å². The van der Waals surface area contributed by atoms with Crippen molar-refractivity contribution in [1.82, 2.24) is 25.1 Å². The molecule has 0 aliphatic carbocycles. The molecule has 0 bridgehead atoms. The zero-order valence-corrected chi connectivity index (χ0v) is 12.4. The summed E-state index contributed by atoms with van der Waals surface area (Å²) < 4.78 is 1.99. The van der Waals surface area contributed by atoms with Crippen LogP contribution < -0.4 is 10.6 Å². The molecule has 20 heavy (non-hydrogen) atoms. The lowest BCUT2D eigenvalue weighted by Gasteiger charge is -2.12. The molecule has 0 aliphatic heterocycles. The van der Waals surface area contributed by atoms with Gasteiger partial charge in [-0.2, -0.15) is 0 Å². The number of aromatic nitrogens is 4. The first-order chi connectivity index (χ1) is 9.70. The standard InChI is InChI=1S/C12H18N6OS/c1-3-18-8-15-17-10(18)4-5-13-9(2)11(19)16-12-14-6-7-20-12/h6-9,13H,3-5H2,1-2H3,(H,14,16,19). The van der Waals surface area contributed by atoms with Crippen molar-refractivity contribution >= 4 is 22.4 Å². The monoisotopic (exact) mass is 294 g/mol. The van der Waals surface area contributed by atoms with E-state index >= 15 is 0 Å². The number of aryl methyl sites for hydroxylation is 1. The normalized spacial score (nSPS) is 12.3. The van der Waals surface area contributed by atoms with Gasteiger partial charge in [0.1, 0.15) is 12.2 Å². The lowest BCUT2D eigenvalue weighted by Crippen LogP contribution is -2.39. The van der Waals surface area contributed by atoms with Crippen molar-refractivity contribution in [2.45, 2.75) is 32.9 Å². The SMILES string of the molecule is CCn1cnnc1CCNC(C)C(=O)Nc1nccs1. The molecule has 0 fully saturated rings. The van der Waals surface area contributed by atoms with Crippen LogP contribution in [0.4, 0.5) is 5.13 Å². The Morgan fingerprint density at radius 3 is 3.10 bits per heavy atom. The van der Waals surface area contributed by atoms with Gasteiger partial charge in [0.2, 0.25) is 5.91 Å². The lowest BCUT2D eigenvalue weighted by molar-refractivity contribution is -0.117. The first-order valence-electron chi connectivity index (χ1n) is 6.51. The van der Waals surface area contributed by atoms with E-state index in [1.165, 1.54) is 11.3 Å². The van der Waals surface area contributed by atoms with Crippen LogP contribution in [0, 0.1) is 0 Å². The predicted molar refractivity (Wildman–Crippen MR) is 77.6 cm³/mol. The fourth-order valence-electron chi connectivity index (χ4n) is 1.73. The molecule has 0 aromatic carbocycles. The topological polar surface area (TPSA) is 84.7 Å². The van der Waals surface area contributed by atoms with E-state index in [1.807, 2.05) is 23.8 Å². The van der Waals surface area contributed by atoms with E-state index in [-0.39, 0.29) is 11.9 Å². The Morgan fingerprint density at radius 1 is 1.55 bits per heavy atom. The van der Waals surface area contributed by atoms with Crippen LogP contribution in [0.2, 0.25) is 0 Å². The summed E-state index contributed by atoms with van der Waals surface area (Å²) in [5.74, 6) is 0.837. The molecular weight excluding hydrogens is 276 g/mol. The van der Waals surface area contributed by atoms with Gasteiger partial charge >= 0.3 is 0 Å². The molecule has 2 aromatic rings. The number of hydrogen-bond acceptors (Lipinski definition) is 6. The Balaban J connectivity index is 1.74. The summed E-state index contributed by atoms with van der Waals surface area (Å²) in [4.78, 5) is 15.9. The van der Waals surface area contributed by atoms with E-state index in [1.54, 1.807) is 12.5 Å². The van der Waals surface area contributed by atoms with Crippen LogP contribution in [0.5, 0.6) is 0 Å². The number of carbonyl (C=O) groups excluding carboxylic acids is 1. The summed E-state index contributed by atoms with van der Waals surface area (Å²) in [5.41, 5.74) is 0. The summed E-state index contributed by atoms with van der Waals surface area (Å²) in [6.07, 6.45) is 4.12. The summed E-state index contributed by atoms with van der Waals surface area (Å²) in [7, 11) is 0. The molecular formula is C12H18N6OS. The first-order valence-corrected chi connectivity index (χ1v) is 7.39. The summed E-state index contributed by atoms with van der Waals surface area (Å²) >= 11 is 1.40. The molecule has 108 valence electrons. The van der Waals surface area contributed by atoms with E-state index in [4.69, 9.17) is 0 Å². The van der Waals surface area contributed by atoms with Gasteiger partial charge in [-0.15, -0.1) is 21.5 Å². The van der Waals surface area contributed by atoms with Gasteiger partial charge in [-0.05, 0) is 13.8 Å². The van der Waals surface area contributed by atoms with E-state index in [9.17, 15) is 4.79 Å². The Kier molecular flexibility index (Phi) is 5.19. The molecule has 0 radical (unpaired) electrons. The van der Waals surface area contributed by atoms with Crippen molar-refractivity contribution in [3.05, 3.63) is 23.7 Å². The highest BCUT2D eigenvalue weighted by Gasteiger charge is 2.13. The van der Waals surface area contributed by atoms with Gasteiger partial charge in [0.25, 0.3) is 0 Å². The average Bonchev–Trinajstić information content (AvgIpc) is 3.09. The molecule has 1 unspecified atom stereocenters. The van der Waals surface area contributed by atoms with Crippen LogP contribution in [0.1, 0.15) is 19.7 Å². The van der Waals surface area contributed by atoms with Crippen molar-refractivity contribution < 1.29 is 4.79 Å². The Hall–Kier alpha value is -1.80. The van der Waals surface area contributed by atoms with E-state index < -0.39 is 0 Å². The number of amides is 1. The maximum absolute atomic E-state index is 11.9. The molecule has 1 atom stereocenters. The Morgan fingerprint density at radius 2 is 2.40 bits per heavy atom. The zero-order chi connectivity index (χ0) is 14.4. The third kappa shape index (κ3) is 3.84. The second kappa shape index (κ2) is 7.11. The molecule has 7 nitrogen and oxygen atoms in total. The summed E-state index contributed by atoms with van der Waals surface area (Å²) in [6, 6.07) is -0.281.